The van der Waals surface area contributed by atoms with Crippen LogP contribution in [0.1, 0.15) is 12.0 Å². The molecule has 0 heterocycles. The van der Waals surface area contributed by atoms with E-state index in [1.807, 2.05) is 0 Å². The third-order valence-corrected chi connectivity index (χ3v) is 2.20. The summed E-state index contributed by atoms with van der Waals surface area (Å²) in [6.07, 6.45) is 0.577. The Morgan fingerprint density at radius 3 is 2.92 bits per heavy atom. The van der Waals surface area contributed by atoms with E-state index >= 15 is 0 Å². The zero-order valence-electron chi connectivity index (χ0n) is 6.78. The quantitative estimate of drug-likeness (QED) is 0.535. The molecule has 68 valence electrons. The zero-order chi connectivity index (χ0) is 9.68. The molecule has 3 heteroatoms. The number of hydrogen-bond acceptors (Lipinski definition) is 0. The molecule has 0 saturated heterocycles. The molecule has 0 unspecified atom stereocenters. The van der Waals surface area contributed by atoms with Crippen molar-refractivity contribution >= 4 is 27.5 Å². The van der Waals surface area contributed by atoms with Crippen molar-refractivity contribution in [3.63, 3.8) is 0 Å². The molecule has 13 heavy (non-hydrogen) atoms. The summed E-state index contributed by atoms with van der Waals surface area (Å²) in [6.45, 7) is 0. The predicted molar refractivity (Wildman–Crippen MR) is 56.3 cm³/mol. The van der Waals surface area contributed by atoms with Crippen molar-refractivity contribution < 1.29 is 4.39 Å². The minimum Gasteiger partial charge on any atom is -0.204 e. The van der Waals surface area contributed by atoms with Crippen LogP contribution in [0.25, 0.3) is 0 Å². The fraction of sp³-hybridized carbons (Fsp3) is 0.200. The van der Waals surface area contributed by atoms with E-state index in [0.29, 0.717) is 22.3 Å². The highest BCUT2D eigenvalue weighted by Gasteiger charge is 2.01. The lowest BCUT2D eigenvalue weighted by atomic mass is 10.2. The normalized spacial score (nSPS) is 9.15. The van der Waals surface area contributed by atoms with Crippen LogP contribution in [0.2, 0.25) is 0 Å². The highest BCUT2D eigenvalue weighted by Crippen LogP contribution is 2.17. The predicted octanol–water partition coefficient (Wildman–Crippen LogP) is 3.57. The molecule has 0 aliphatic rings. The van der Waals surface area contributed by atoms with Crippen LogP contribution >= 0.6 is 27.5 Å². The van der Waals surface area contributed by atoms with Crippen LogP contribution in [0, 0.1) is 17.7 Å². The number of rotatable bonds is 1. The maximum absolute atomic E-state index is 13.2. The largest absolute Gasteiger partial charge is 0.204 e. The average Bonchev–Trinajstić information content (AvgIpc) is 2.13. The maximum atomic E-state index is 13.2. The fourth-order valence-corrected chi connectivity index (χ4v) is 1.27. The molecule has 0 aliphatic heterocycles. The van der Waals surface area contributed by atoms with Crippen LogP contribution in [-0.2, 0) is 0 Å². The molecule has 0 N–H and O–H groups in total. The Kier molecular flexibility index (Phi) is 4.27. The van der Waals surface area contributed by atoms with Gasteiger partial charge in [0.25, 0.3) is 0 Å². The molecule has 0 saturated carbocycles. The first kappa shape index (κ1) is 10.6. The van der Waals surface area contributed by atoms with Gasteiger partial charge in [0, 0.05) is 12.3 Å². The second-order valence-electron chi connectivity index (χ2n) is 2.34. The molecule has 0 bridgehead atoms. The lowest BCUT2D eigenvalue weighted by Gasteiger charge is -1.95. The molecule has 0 spiro atoms. The van der Waals surface area contributed by atoms with Crippen LogP contribution in [-0.4, -0.2) is 5.88 Å². The smallest absolute Gasteiger partial charge is 0.152 e. The van der Waals surface area contributed by atoms with E-state index < -0.39 is 0 Å². The van der Waals surface area contributed by atoms with Gasteiger partial charge in [0.1, 0.15) is 0 Å². The molecule has 1 rings (SSSR count). The van der Waals surface area contributed by atoms with Gasteiger partial charge < -0.3 is 0 Å². The van der Waals surface area contributed by atoms with Crippen molar-refractivity contribution in [2.75, 3.05) is 5.88 Å². The Balaban J connectivity index is 2.91. The third kappa shape index (κ3) is 3.02. The van der Waals surface area contributed by atoms with Gasteiger partial charge in [-0.15, -0.1) is 11.6 Å². The van der Waals surface area contributed by atoms with Gasteiger partial charge in [0.15, 0.2) is 5.82 Å². The Morgan fingerprint density at radius 2 is 2.23 bits per heavy atom. The van der Waals surface area contributed by atoms with Crippen molar-refractivity contribution in [2.45, 2.75) is 6.42 Å². The SMILES string of the molecule is Fc1c(Br)cccc1C#CCCCl. The topological polar surface area (TPSA) is 0 Å². The van der Waals surface area contributed by atoms with Gasteiger partial charge in [0.2, 0.25) is 0 Å². The summed E-state index contributed by atoms with van der Waals surface area (Å²) in [5.41, 5.74) is 0.402. The summed E-state index contributed by atoms with van der Waals surface area (Å²) in [6, 6.07) is 5.03. The highest BCUT2D eigenvalue weighted by molar-refractivity contribution is 9.10. The lowest BCUT2D eigenvalue weighted by molar-refractivity contribution is 0.617. The number of hydrogen-bond donors (Lipinski definition) is 0. The van der Waals surface area contributed by atoms with E-state index in [1.165, 1.54) is 0 Å². The molecular weight excluding hydrogens is 254 g/mol. The molecule has 1 aromatic rings. The second kappa shape index (κ2) is 5.26. The van der Waals surface area contributed by atoms with Crippen molar-refractivity contribution in [2.24, 2.45) is 0 Å². The Labute approximate surface area is 90.2 Å². The minimum absolute atomic E-state index is 0.315. The van der Waals surface area contributed by atoms with E-state index in [2.05, 4.69) is 27.8 Å². The molecule has 0 fully saturated rings. The summed E-state index contributed by atoms with van der Waals surface area (Å²) in [4.78, 5) is 0. The summed E-state index contributed by atoms with van der Waals surface area (Å²) in [5.74, 6) is 5.65. The maximum Gasteiger partial charge on any atom is 0.152 e. The first-order valence-electron chi connectivity index (χ1n) is 3.74. The van der Waals surface area contributed by atoms with Gasteiger partial charge in [-0.1, -0.05) is 17.9 Å². The van der Waals surface area contributed by atoms with Crippen LogP contribution in [0.4, 0.5) is 4.39 Å². The van der Waals surface area contributed by atoms with E-state index in [0.717, 1.165) is 0 Å². The van der Waals surface area contributed by atoms with Gasteiger partial charge in [0.05, 0.1) is 10.0 Å². The molecule has 0 nitrogen and oxygen atoms in total. The molecule has 1 aromatic carbocycles. The molecule has 0 atom stereocenters. The number of alkyl halides is 1. The molecule has 0 aliphatic carbocycles. The van der Waals surface area contributed by atoms with Gasteiger partial charge in [-0.3, -0.25) is 0 Å². The van der Waals surface area contributed by atoms with Gasteiger partial charge in [-0.2, -0.15) is 0 Å². The average molecular weight is 262 g/mol. The summed E-state index contributed by atoms with van der Waals surface area (Å²) in [5, 5.41) is 0. The Bertz CT molecular complexity index is 352. The minimum atomic E-state index is -0.315. The summed E-state index contributed by atoms with van der Waals surface area (Å²) < 4.78 is 13.7. The number of benzene rings is 1. The molecule has 0 radical (unpaired) electrons. The van der Waals surface area contributed by atoms with Crippen molar-refractivity contribution in [1.29, 1.82) is 0 Å². The van der Waals surface area contributed by atoms with E-state index in [4.69, 9.17) is 11.6 Å². The van der Waals surface area contributed by atoms with E-state index in [1.54, 1.807) is 18.2 Å². The fourth-order valence-electron chi connectivity index (χ4n) is 0.805. The molecular formula is C10H7BrClF. The second-order valence-corrected chi connectivity index (χ2v) is 3.57. The monoisotopic (exact) mass is 260 g/mol. The summed E-state index contributed by atoms with van der Waals surface area (Å²) in [7, 11) is 0. The lowest BCUT2D eigenvalue weighted by Crippen LogP contribution is -1.84. The van der Waals surface area contributed by atoms with Crippen molar-refractivity contribution in [3.8, 4) is 11.8 Å². The van der Waals surface area contributed by atoms with Gasteiger partial charge in [-0.05, 0) is 28.1 Å². The number of halogens is 3. The Morgan fingerprint density at radius 1 is 1.46 bits per heavy atom. The molecule has 0 amide bonds. The van der Waals surface area contributed by atoms with E-state index in [-0.39, 0.29) is 5.82 Å². The van der Waals surface area contributed by atoms with Crippen LogP contribution in [0.5, 0.6) is 0 Å². The van der Waals surface area contributed by atoms with Crippen LogP contribution < -0.4 is 0 Å². The van der Waals surface area contributed by atoms with Crippen molar-refractivity contribution in [3.05, 3.63) is 34.1 Å². The molecule has 0 aromatic heterocycles. The Hall–Kier alpha value is -0.520. The van der Waals surface area contributed by atoms with E-state index in [9.17, 15) is 4.39 Å². The first-order valence-corrected chi connectivity index (χ1v) is 5.07. The standard InChI is InChI=1S/C10H7BrClF/c11-9-6-3-5-8(10(9)13)4-1-2-7-12/h3,5-6H,2,7H2. The summed E-state index contributed by atoms with van der Waals surface area (Å²) >= 11 is 8.52. The zero-order valence-corrected chi connectivity index (χ0v) is 9.12. The van der Waals surface area contributed by atoms with Crippen molar-refractivity contribution in [1.82, 2.24) is 0 Å². The third-order valence-electron chi connectivity index (χ3n) is 1.39. The van der Waals surface area contributed by atoms with Crippen LogP contribution in [0.3, 0.4) is 0 Å². The van der Waals surface area contributed by atoms with Gasteiger partial charge in [-0.25, -0.2) is 4.39 Å². The highest BCUT2D eigenvalue weighted by atomic mass is 79.9. The van der Waals surface area contributed by atoms with Gasteiger partial charge >= 0.3 is 0 Å². The first-order chi connectivity index (χ1) is 6.25. The van der Waals surface area contributed by atoms with Crippen LogP contribution in [0.15, 0.2) is 22.7 Å².